The van der Waals surface area contributed by atoms with E-state index < -0.39 is 11.9 Å². The molecule has 2 aromatic heterocycles. The number of carbonyl (C=O) groups is 3. The summed E-state index contributed by atoms with van der Waals surface area (Å²) in [4.78, 5) is 41.8. The van der Waals surface area contributed by atoms with E-state index in [1.54, 1.807) is 53.1 Å². The third kappa shape index (κ3) is 4.11. The Hall–Kier alpha value is -3.68. The summed E-state index contributed by atoms with van der Waals surface area (Å²) in [6.45, 7) is 3.86. The van der Waals surface area contributed by atoms with Crippen LogP contribution in [0.5, 0.6) is 0 Å². The molecule has 1 atom stereocenters. The standard InChI is InChI=1S/C21H22N4O4/c1-4-13(2)22-19(26)17-16-11-7-8-12-25(16)18(24-17)20(27)23-15-10-6-5-9-14(15)21(28)29-3/h5-13H,4H2,1-3H3,(H,22,26)(H,23,27). The SMILES string of the molecule is CCC(C)NC(=O)c1nc(C(=O)Nc2ccccc2C(=O)OC)n2ccccc12. The first-order valence-electron chi connectivity index (χ1n) is 9.22. The molecule has 0 fully saturated rings. The van der Waals surface area contributed by atoms with Crippen molar-refractivity contribution in [2.24, 2.45) is 0 Å². The molecule has 3 aromatic rings. The van der Waals surface area contributed by atoms with Crippen LogP contribution in [-0.4, -0.2) is 40.3 Å². The van der Waals surface area contributed by atoms with E-state index in [1.165, 1.54) is 7.11 Å². The maximum atomic E-state index is 12.9. The molecule has 150 valence electrons. The fourth-order valence-electron chi connectivity index (χ4n) is 2.82. The number of anilines is 1. The summed E-state index contributed by atoms with van der Waals surface area (Å²) < 4.78 is 6.30. The van der Waals surface area contributed by atoms with Gasteiger partial charge in [0.15, 0.2) is 5.69 Å². The number of ether oxygens (including phenoxy) is 1. The number of rotatable bonds is 6. The Labute approximate surface area is 167 Å². The molecule has 0 saturated heterocycles. The van der Waals surface area contributed by atoms with Gasteiger partial charge in [0.25, 0.3) is 11.8 Å². The van der Waals surface area contributed by atoms with Crippen LogP contribution in [-0.2, 0) is 4.74 Å². The quantitative estimate of drug-likeness (QED) is 0.626. The van der Waals surface area contributed by atoms with Gasteiger partial charge in [-0.05, 0) is 37.6 Å². The van der Waals surface area contributed by atoms with Crippen molar-refractivity contribution in [3.05, 3.63) is 65.7 Å². The van der Waals surface area contributed by atoms with Crippen molar-refractivity contribution in [3.63, 3.8) is 0 Å². The first kappa shape index (κ1) is 20.1. The minimum atomic E-state index is -0.567. The number of fused-ring (bicyclic) bond motifs is 1. The number of benzene rings is 1. The van der Waals surface area contributed by atoms with Crippen LogP contribution in [0.15, 0.2) is 48.7 Å². The average Bonchev–Trinajstić information content (AvgIpc) is 3.13. The van der Waals surface area contributed by atoms with Gasteiger partial charge in [-0.15, -0.1) is 0 Å². The van der Waals surface area contributed by atoms with E-state index >= 15 is 0 Å². The lowest BCUT2D eigenvalue weighted by Gasteiger charge is -2.09. The van der Waals surface area contributed by atoms with Crippen LogP contribution in [0.2, 0.25) is 0 Å². The molecule has 0 aliphatic heterocycles. The summed E-state index contributed by atoms with van der Waals surface area (Å²) in [5.74, 6) is -1.43. The zero-order valence-corrected chi connectivity index (χ0v) is 16.4. The maximum absolute atomic E-state index is 12.9. The number of methoxy groups -OCH3 is 1. The van der Waals surface area contributed by atoms with Crippen molar-refractivity contribution in [2.75, 3.05) is 12.4 Å². The van der Waals surface area contributed by atoms with Crippen LogP contribution in [0.3, 0.4) is 0 Å². The monoisotopic (exact) mass is 394 g/mol. The Morgan fingerprint density at radius 3 is 2.55 bits per heavy atom. The summed E-state index contributed by atoms with van der Waals surface area (Å²) in [7, 11) is 1.27. The fourth-order valence-corrected chi connectivity index (χ4v) is 2.82. The van der Waals surface area contributed by atoms with Gasteiger partial charge in [-0.1, -0.05) is 25.1 Å². The molecule has 1 unspecified atom stereocenters. The average molecular weight is 394 g/mol. The lowest BCUT2D eigenvalue weighted by Crippen LogP contribution is -2.32. The lowest BCUT2D eigenvalue weighted by molar-refractivity contribution is 0.0601. The highest BCUT2D eigenvalue weighted by atomic mass is 16.5. The molecular formula is C21H22N4O4. The minimum absolute atomic E-state index is 0.0211. The number of hydrogen-bond acceptors (Lipinski definition) is 5. The van der Waals surface area contributed by atoms with Gasteiger partial charge >= 0.3 is 5.97 Å². The summed E-state index contributed by atoms with van der Waals surface area (Å²) in [6, 6.07) is 11.7. The molecule has 1 aromatic carbocycles. The molecule has 2 amide bonds. The molecule has 0 bridgehead atoms. The first-order chi connectivity index (χ1) is 14.0. The Balaban J connectivity index is 1.98. The van der Waals surface area contributed by atoms with Crippen LogP contribution < -0.4 is 10.6 Å². The zero-order chi connectivity index (χ0) is 21.0. The summed E-state index contributed by atoms with van der Waals surface area (Å²) in [6.07, 6.45) is 2.43. The lowest BCUT2D eigenvalue weighted by atomic mass is 10.2. The number of carbonyl (C=O) groups excluding carboxylic acids is 3. The number of hydrogen-bond donors (Lipinski definition) is 2. The van der Waals surface area contributed by atoms with Crippen LogP contribution in [0.25, 0.3) is 5.52 Å². The molecule has 8 nitrogen and oxygen atoms in total. The highest BCUT2D eigenvalue weighted by Crippen LogP contribution is 2.19. The molecule has 0 saturated carbocycles. The second kappa shape index (κ2) is 8.55. The van der Waals surface area contributed by atoms with Crippen molar-refractivity contribution in [3.8, 4) is 0 Å². The van der Waals surface area contributed by atoms with Crippen molar-refractivity contribution in [1.29, 1.82) is 0 Å². The number of para-hydroxylation sites is 1. The van der Waals surface area contributed by atoms with E-state index in [0.29, 0.717) is 11.2 Å². The van der Waals surface area contributed by atoms with Crippen molar-refractivity contribution < 1.29 is 19.1 Å². The van der Waals surface area contributed by atoms with Crippen LogP contribution in [0.1, 0.15) is 51.7 Å². The number of aromatic nitrogens is 2. The zero-order valence-electron chi connectivity index (χ0n) is 16.4. The molecule has 0 aliphatic rings. The molecule has 29 heavy (non-hydrogen) atoms. The van der Waals surface area contributed by atoms with E-state index in [2.05, 4.69) is 15.6 Å². The summed E-state index contributed by atoms with van der Waals surface area (Å²) >= 11 is 0. The molecule has 2 N–H and O–H groups in total. The van der Waals surface area contributed by atoms with Crippen LogP contribution in [0.4, 0.5) is 5.69 Å². The predicted molar refractivity (Wildman–Crippen MR) is 108 cm³/mol. The van der Waals surface area contributed by atoms with Crippen molar-refractivity contribution >= 4 is 29.0 Å². The maximum Gasteiger partial charge on any atom is 0.339 e. The molecule has 2 heterocycles. The third-order valence-electron chi connectivity index (χ3n) is 4.54. The van der Waals surface area contributed by atoms with Gasteiger partial charge < -0.3 is 15.4 Å². The summed E-state index contributed by atoms with van der Waals surface area (Å²) in [5.41, 5.74) is 1.19. The number of nitrogens with one attached hydrogen (secondary N) is 2. The van der Waals surface area contributed by atoms with E-state index in [9.17, 15) is 14.4 Å². The number of esters is 1. The van der Waals surface area contributed by atoms with Crippen LogP contribution in [0, 0.1) is 0 Å². The van der Waals surface area contributed by atoms with E-state index in [1.807, 2.05) is 13.8 Å². The Kier molecular flexibility index (Phi) is 5.92. The van der Waals surface area contributed by atoms with Gasteiger partial charge in [-0.3, -0.25) is 14.0 Å². The van der Waals surface area contributed by atoms with E-state index in [0.717, 1.165) is 6.42 Å². The molecule has 0 spiro atoms. The smallest absolute Gasteiger partial charge is 0.339 e. The Morgan fingerprint density at radius 2 is 1.83 bits per heavy atom. The van der Waals surface area contributed by atoms with E-state index in [-0.39, 0.29) is 29.0 Å². The number of pyridine rings is 1. The highest BCUT2D eigenvalue weighted by molar-refractivity contribution is 6.08. The largest absolute Gasteiger partial charge is 0.465 e. The molecular weight excluding hydrogens is 372 g/mol. The molecule has 0 aliphatic carbocycles. The van der Waals surface area contributed by atoms with E-state index in [4.69, 9.17) is 4.74 Å². The number of imidazole rings is 1. The minimum Gasteiger partial charge on any atom is -0.465 e. The topological polar surface area (TPSA) is 102 Å². The van der Waals surface area contributed by atoms with Crippen molar-refractivity contribution in [1.82, 2.24) is 14.7 Å². The molecule has 3 rings (SSSR count). The Bertz CT molecular complexity index is 1070. The third-order valence-corrected chi connectivity index (χ3v) is 4.54. The Morgan fingerprint density at radius 1 is 1.10 bits per heavy atom. The van der Waals surface area contributed by atoms with Crippen LogP contribution >= 0.6 is 0 Å². The second-order valence-electron chi connectivity index (χ2n) is 6.51. The first-order valence-corrected chi connectivity index (χ1v) is 9.22. The van der Waals surface area contributed by atoms with Gasteiger partial charge in [0, 0.05) is 12.2 Å². The van der Waals surface area contributed by atoms with Gasteiger partial charge in [-0.25, -0.2) is 9.78 Å². The predicted octanol–water partition coefficient (Wildman–Crippen LogP) is 2.90. The highest BCUT2D eigenvalue weighted by Gasteiger charge is 2.23. The van der Waals surface area contributed by atoms with Gasteiger partial charge in [0.2, 0.25) is 5.82 Å². The number of amides is 2. The summed E-state index contributed by atoms with van der Waals surface area (Å²) in [5, 5.41) is 5.55. The van der Waals surface area contributed by atoms with Gasteiger partial charge in [-0.2, -0.15) is 0 Å². The second-order valence-corrected chi connectivity index (χ2v) is 6.51. The van der Waals surface area contributed by atoms with Gasteiger partial charge in [0.05, 0.1) is 23.9 Å². The number of nitrogens with zero attached hydrogens (tertiary/aromatic N) is 2. The molecule has 8 heteroatoms. The molecule has 0 radical (unpaired) electrons. The fraction of sp³-hybridized carbons (Fsp3) is 0.238. The van der Waals surface area contributed by atoms with Gasteiger partial charge in [0.1, 0.15) is 0 Å². The normalized spacial score (nSPS) is 11.7. The van der Waals surface area contributed by atoms with Crippen molar-refractivity contribution in [2.45, 2.75) is 26.3 Å².